The number of halogens is 2. The molecule has 0 unspecified atom stereocenters. The molecule has 0 radical (unpaired) electrons. The lowest BCUT2D eigenvalue weighted by molar-refractivity contribution is 0.553. The number of sulfonamides is 1. The van der Waals surface area contributed by atoms with Crippen molar-refractivity contribution in [2.24, 2.45) is 7.05 Å². The van der Waals surface area contributed by atoms with Crippen molar-refractivity contribution in [1.29, 1.82) is 0 Å². The lowest BCUT2D eigenvalue weighted by Crippen LogP contribution is -2.24. The van der Waals surface area contributed by atoms with Gasteiger partial charge in [0, 0.05) is 18.9 Å². The second-order valence-corrected chi connectivity index (χ2v) is 6.71. The molecule has 2 aromatic rings. The molecule has 0 fully saturated rings. The molecule has 20 heavy (non-hydrogen) atoms. The van der Waals surface area contributed by atoms with E-state index < -0.39 is 20.7 Å². The highest BCUT2D eigenvalue weighted by Crippen LogP contribution is 2.26. The first-order valence-electron chi connectivity index (χ1n) is 5.52. The Hall–Kier alpha value is -1.45. The summed E-state index contributed by atoms with van der Waals surface area (Å²) in [7, 11) is -2.29. The van der Waals surface area contributed by atoms with E-state index in [4.69, 9.17) is 5.73 Å². The van der Waals surface area contributed by atoms with Crippen molar-refractivity contribution in [3.8, 4) is 0 Å². The molecule has 0 amide bonds. The average Bonchev–Trinajstić information content (AvgIpc) is 2.77. The summed E-state index contributed by atoms with van der Waals surface area (Å²) in [5.41, 5.74) is 6.21. The molecule has 6 nitrogen and oxygen atoms in total. The number of anilines is 1. The summed E-state index contributed by atoms with van der Waals surface area (Å²) in [6.07, 6.45) is 1.68. The van der Waals surface area contributed by atoms with Gasteiger partial charge < -0.3 is 5.73 Å². The molecule has 3 N–H and O–H groups in total. The molecule has 9 heteroatoms. The third-order valence-electron chi connectivity index (χ3n) is 2.52. The number of aromatic nitrogens is 2. The van der Waals surface area contributed by atoms with Crippen molar-refractivity contribution in [1.82, 2.24) is 14.5 Å². The molecule has 0 spiro atoms. The third kappa shape index (κ3) is 3.17. The summed E-state index contributed by atoms with van der Waals surface area (Å²) >= 11 is 2.93. The second kappa shape index (κ2) is 5.51. The zero-order chi connectivity index (χ0) is 14.9. The van der Waals surface area contributed by atoms with Gasteiger partial charge in [-0.25, -0.2) is 17.5 Å². The summed E-state index contributed by atoms with van der Waals surface area (Å²) in [6, 6.07) is 4.03. The number of rotatable bonds is 4. The number of hydrogen-bond donors (Lipinski definition) is 2. The topological polar surface area (TPSA) is 90.0 Å². The van der Waals surface area contributed by atoms with Gasteiger partial charge >= 0.3 is 0 Å². The van der Waals surface area contributed by atoms with Crippen molar-refractivity contribution < 1.29 is 12.8 Å². The first kappa shape index (κ1) is 14.9. The zero-order valence-electron chi connectivity index (χ0n) is 10.5. The van der Waals surface area contributed by atoms with Crippen LogP contribution in [0.1, 0.15) is 5.69 Å². The monoisotopic (exact) mass is 362 g/mol. The van der Waals surface area contributed by atoms with Crippen molar-refractivity contribution in [2.45, 2.75) is 11.4 Å². The van der Waals surface area contributed by atoms with E-state index in [1.165, 1.54) is 6.07 Å². The smallest absolute Gasteiger partial charge is 0.243 e. The minimum atomic E-state index is -4.01. The van der Waals surface area contributed by atoms with Crippen molar-refractivity contribution in [3.63, 3.8) is 0 Å². The predicted molar refractivity (Wildman–Crippen MR) is 75.7 cm³/mol. The van der Waals surface area contributed by atoms with E-state index in [-0.39, 0.29) is 16.7 Å². The molecule has 2 rings (SSSR count). The highest BCUT2D eigenvalue weighted by Gasteiger charge is 2.21. The van der Waals surface area contributed by atoms with E-state index in [0.717, 1.165) is 6.07 Å². The van der Waals surface area contributed by atoms with E-state index in [2.05, 4.69) is 25.8 Å². The van der Waals surface area contributed by atoms with Crippen molar-refractivity contribution in [2.75, 3.05) is 5.73 Å². The first-order chi connectivity index (χ1) is 9.29. The van der Waals surface area contributed by atoms with Gasteiger partial charge in [0.15, 0.2) is 5.82 Å². The Kier molecular flexibility index (Phi) is 4.11. The molecule has 0 aliphatic heterocycles. The van der Waals surface area contributed by atoms with Crippen LogP contribution in [0.15, 0.2) is 33.8 Å². The molecule has 108 valence electrons. The van der Waals surface area contributed by atoms with Crippen LogP contribution in [0.5, 0.6) is 0 Å². The predicted octanol–water partition coefficient (Wildman–Crippen LogP) is 1.38. The van der Waals surface area contributed by atoms with E-state index >= 15 is 0 Å². The number of aryl methyl sites for hydroxylation is 1. The molecule has 1 aromatic carbocycles. The quantitative estimate of drug-likeness (QED) is 0.804. The minimum absolute atomic E-state index is 0.00397. The average molecular weight is 363 g/mol. The van der Waals surface area contributed by atoms with Gasteiger partial charge in [0.2, 0.25) is 10.0 Å². The van der Waals surface area contributed by atoms with Crippen LogP contribution in [0.3, 0.4) is 0 Å². The van der Waals surface area contributed by atoms with Gasteiger partial charge in [-0.3, -0.25) is 4.68 Å². The standard InChI is InChI=1S/C11H12BrFN4O2S/c1-17-3-2-8(16-17)6-15-20(18,19)10-5-7(14)4-9(12)11(10)13/h2-5,15H,6,14H2,1H3. The Morgan fingerprint density at radius 2 is 2.20 bits per heavy atom. The Morgan fingerprint density at radius 3 is 2.80 bits per heavy atom. The molecule has 0 saturated carbocycles. The maximum absolute atomic E-state index is 13.9. The highest BCUT2D eigenvalue weighted by molar-refractivity contribution is 9.10. The fourth-order valence-corrected chi connectivity index (χ4v) is 3.32. The van der Waals surface area contributed by atoms with Gasteiger partial charge in [0.1, 0.15) is 4.90 Å². The summed E-state index contributed by atoms with van der Waals surface area (Å²) in [5, 5.41) is 4.03. The molecular weight excluding hydrogens is 351 g/mol. The highest BCUT2D eigenvalue weighted by atomic mass is 79.9. The van der Waals surface area contributed by atoms with E-state index in [1.807, 2.05) is 0 Å². The molecule has 1 heterocycles. The molecule has 0 aliphatic carbocycles. The number of nitrogens with one attached hydrogen (secondary N) is 1. The van der Waals surface area contributed by atoms with Gasteiger partial charge in [0.05, 0.1) is 16.7 Å². The SMILES string of the molecule is Cn1ccc(CNS(=O)(=O)c2cc(N)cc(Br)c2F)n1. The number of nitrogens with zero attached hydrogens (tertiary/aromatic N) is 2. The molecule has 0 saturated heterocycles. The Morgan fingerprint density at radius 1 is 1.50 bits per heavy atom. The second-order valence-electron chi connectivity index (χ2n) is 4.12. The lowest BCUT2D eigenvalue weighted by Gasteiger charge is -2.08. The first-order valence-corrected chi connectivity index (χ1v) is 7.80. The van der Waals surface area contributed by atoms with Crippen LogP contribution in [0.4, 0.5) is 10.1 Å². The van der Waals surface area contributed by atoms with Crippen molar-refractivity contribution >= 4 is 31.6 Å². The van der Waals surface area contributed by atoms with E-state index in [0.29, 0.717) is 5.69 Å². The van der Waals surface area contributed by atoms with E-state index in [1.54, 1.807) is 24.0 Å². The van der Waals surface area contributed by atoms with Crippen LogP contribution in [0, 0.1) is 5.82 Å². The summed E-state index contributed by atoms with van der Waals surface area (Å²) in [4.78, 5) is -0.500. The van der Waals surface area contributed by atoms with Crippen LogP contribution in [0.25, 0.3) is 0 Å². The van der Waals surface area contributed by atoms with Crippen LogP contribution < -0.4 is 10.5 Å². The van der Waals surface area contributed by atoms with Gasteiger partial charge in [-0.15, -0.1) is 0 Å². The zero-order valence-corrected chi connectivity index (χ0v) is 12.9. The maximum atomic E-state index is 13.9. The van der Waals surface area contributed by atoms with Gasteiger partial charge in [0.25, 0.3) is 0 Å². The number of nitrogen functional groups attached to an aromatic ring is 1. The maximum Gasteiger partial charge on any atom is 0.243 e. The van der Waals surface area contributed by atoms with Crippen LogP contribution >= 0.6 is 15.9 Å². The number of nitrogens with two attached hydrogens (primary N) is 1. The summed E-state index contributed by atoms with van der Waals surface area (Å²) in [5.74, 6) is -0.882. The fourth-order valence-electron chi connectivity index (χ4n) is 1.58. The number of benzene rings is 1. The summed E-state index contributed by atoms with van der Waals surface area (Å²) in [6.45, 7) is -0.0327. The molecule has 0 bridgehead atoms. The Bertz CT molecular complexity index is 745. The van der Waals surface area contributed by atoms with Gasteiger partial charge in [-0.05, 0) is 34.1 Å². The van der Waals surface area contributed by atoms with Gasteiger partial charge in [-0.2, -0.15) is 5.10 Å². The minimum Gasteiger partial charge on any atom is -0.399 e. The largest absolute Gasteiger partial charge is 0.399 e. The lowest BCUT2D eigenvalue weighted by atomic mass is 10.3. The molecular formula is C11H12BrFN4O2S. The van der Waals surface area contributed by atoms with E-state index in [9.17, 15) is 12.8 Å². The van der Waals surface area contributed by atoms with Crippen LogP contribution in [0.2, 0.25) is 0 Å². The Balaban J connectivity index is 2.27. The Labute approximate surface area is 124 Å². The molecule has 0 atom stereocenters. The van der Waals surface area contributed by atoms with Gasteiger partial charge in [-0.1, -0.05) is 0 Å². The molecule has 1 aromatic heterocycles. The fraction of sp³-hybridized carbons (Fsp3) is 0.182. The molecule has 0 aliphatic rings. The van der Waals surface area contributed by atoms with Crippen LogP contribution in [-0.4, -0.2) is 18.2 Å². The van der Waals surface area contributed by atoms with Crippen LogP contribution in [-0.2, 0) is 23.6 Å². The summed E-state index contributed by atoms with van der Waals surface area (Å²) < 4.78 is 41.8. The third-order valence-corrected chi connectivity index (χ3v) is 4.50. The van der Waals surface area contributed by atoms with Crippen molar-refractivity contribution in [3.05, 3.63) is 40.4 Å². The number of hydrogen-bond acceptors (Lipinski definition) is 4. The normalized spacial score (nSPS) is 11.8.